The quantitative estimate of drug-likeness (QED) is 0.770. The summed E-state index contributed by atoms with van der Waals surface area (Å²) in [6, 6.07) is 5.98. The van der Waals surface area contributed by atoms with Gasteiger partial charge in [-0.1, -0.05) is 26.8 Å². The minimum absolute atomic E-state index is 0.0750. The van der Waals surface area contributed by atoms with E-state index in [0.717, 1.165) is 22.6 Å². The molecule has 0 aromatic heterocycles. The number of rotatable bonds is 3. The van der Waals surface area contributed by atoms with E-state index in [1.165, 1.54) is 7.11 Å². The third-order valence-corrected chi connectivity index (χ3v) is 5.13. The highest BCUT2D eigenvalue weighted by atomic mass is 19.1. The van der Waals surface area contributed by atoms with Crippen molar-refractivity contribution in [3.63, 3.8) is 0 Å². The van der Waals surface area contributed by atoms with Crippen molar-refractivity contribution < 1.29 is 28.2 Å². The van der Waals surface area contributed by atoms with E-state index in [1.807, 2.05) is 0 Å². The number of carbonyl (C=O) groups excluding carboxylic acids is 1. The van der Waals surface area contributed by atoms with Crippen LogP contribution in [0.3, 0.4) is 0 Å². The summed E-state index contributed by atoms with van der Waals surface area (Å²) in [5, 5.41) is 12.0. The number of carboxylic acid groups (broad SMARTS) is 1. The molecule has 1 heterocycles. The summed E-state index contributed by atoms with van der Waals surface area (Å²) in [5.74, 6) is -1.65. The molecule has 1 aliphatic heterocycles. The third kappa shape index (κ3) is 4.08. The first-order valence-electron chi connectivity index (χ1n) is 9.49. The fourth-order valence-corrected chi connectivity index (χ4v) is 3.79. The molecule has 0 bridgehead atoms. The summed E-state index contributed by atoms with van der Waals surface area (Å²) < 4.78 is 34.2. The summed E-state index contributed by atoms with van der Waals surface area (Å²) in [6.45, 7) is 5.17. The number of amides is 2. The Hall–Kier alpha value is -3.16. The molecule has 160 valence electrons. The largest absolute Gasteiger partial charge is 0.497 e. The third-order valence-electron chi connectivity index (χ3n) is 5.13. The van der Waals surface area contributed by atoms with Crippen LogP contribution >= 0.6 is 0 Å². The van der Waals surface area contributed by atoms with Gasteiger partial charge in [0.2, 0.25) is 0 Å². The Morgan fingerprint density at radius 3 is 2.33 bits per heavy atom. The number of hydrogen-bond donors (Lipinski definition) is 2. The second-order valence-electron chi connectivity index (χ2n) is 8.25. The zero-order chi connectivity index (χ0) is 22.2. The highest BCUT2D eigenvalue weighted by Crippen LogP contribution is 2.34. The van der Waals surface area contributed by atoms with E-state index in [-0.39, 0.29) is 17.8 Å². The maximum Gasteiger partial charge on any atom is 0.408 e. The standard InChI is InChI=1S/C22H24F2N2O4/c1-22(2,3)18-16(23)10-13(11-17(18)24)25-20(27)19-15-6-5-14(30-4)9-12(15)7-8-26(19)21(28)29/h5-6,9-11,19H,7-8H2,1-4H3,(H,25,27)(H,28,29)/t19-/m1/s1. The SMILES string of the molecule is COc1ccc2c(c1)CCN(C(=O)O)[C@H]2C(=O)Nc1cc(F)c(C(C)(C)C)c(F)c1. The number of fused-ring (bicyclic) bond motifs is 1. The average molecular weight is 418 g/mol. The molecule has 0 unspecified atom stereocenters. The van der Waals surface area contributed by atoms with Gasteiger partial charge >= 0.3 is 6.09 Å². The molecule has 8 heteroatoms. The number of ether oxygens (including phenoxy) is 1. The van der Waals surface area contributed by atoms with Crippen LogP contribution in [0, 0.1) is 11.6 Å². The van der Waals surface area contributed by atoms with Crippen molar-refractivity contribution in [2.45, 2.75) is 38.6 Å². The maximum absolute atomic E-state index is 14.5. The van der Waals surface area contributed by atoms with Gasteiger partial charge in [-0.3, -0.25) is 9.69 Å². The van der Waals surface area contributed by atoms with Gasteiger partial charge in [-0.05, 0) is 47.2 Å². The Labute approximate surface area is 173 Å². The molecule has 0 fully saturated rings. The molecule has 0 radical (unpaired) electrons. The summed E-state index contributed by atoms with van der Waals surface area (Å²) in [5.41, 5.74) is 0.386. The molecule has 0 saturated heterocycles. The number of nitrogens with zero attached hydrogens (tertiary/aromatic N) is 1. The Morgan fingerprint density at radius 2 is 1.80 bits per heavy atom. The molecule has 1 aliphatic rings. The van der Waals surface area contributed by atoms with Gasteiger partial charge in [0.15, 0.2) is 0 Å². The van der Waals surface area contributed by atoms with Crippen LogP contribution in [0.15, 0.2) is 30.3 Å². The summed E-state index contributed by atoms with van der Waals surface area (Å²) >= 11 is 0. The second kappa shape index (κ2) is 7.93. The van der Waals surface area contributed by atoms with E-state index in [2.05, 4.69) is 5.32 Å². The zero-order valence-corrected chi connectivity index (χ0v) is 17.3. The van der Waals surface area contributed by atoms with Crippen molar-refractivity contribution in [1.82, 2.24) is 4.90 Å². The first-order valence-corrected chi connectivity index (χ1v) is 9.49. The topological polar surface area (TPSA) is 78.9 Å². The molecule has 3 rings (SSSR count). The second-order valence-corrected chi connectivity index (χ2v) is 8.25. The molecule has 2 aromatic carbocycles. The molecular weight excluding hydrogens is 394 g/mol. The highest BCUT2D eigenvalue weighted by Gasteiger charge is 2.36. The van der Waals surface area contributed by atoms with Gasteiger partial charge in [0.05, 0.1) is 7.11 Å². The minimum Gasteiger partial charge on any atom is -0.497 e. The van der Waals surface area contributed by atoms with Crippen LogP contribution in [0.4, 0.5) is 19.3 Å². The van der Waals surface area contributed by atoms with Gasteiger partial charge in [-0.15, -0.1) is 0 Å². The van der Waals surface area contributed by atoms with Gasteiger partial charge < -0.3 is 15.2 Å². The normalized spacial score (nSPS) is 16.1. The summed E-state index contributed by atoms with van der Waals surface area (Å²) in [6.07, 6.45) is -0.830. The van der Waals surface area contributed by atoms with Crippen LogP contribution in [0.1, 0.15) is 43.5 Å². The lowest BCUT2D eigenvalue weighted by Crippen LogP contribution is -2.44. The number of halogens is 2. The van der Waals surface area contributed by atoms with Crippen molar-refractivity contribution in [3.05, 3.63) is 58.7 Å². The molecule has 2 aromatic rings. The molecule has 1 atom stereocenters. The average Bonchev–Trinajstić information content (AvgIpc) is 2.64. The van der Waals surface area contributed by atoms with E-state index < -0.39 is 35.1 Å². The predicted octanol–water partition coefficient (Wildman–Crippen LogP) is 4.49. The van der Waals surface area contributed by atoms with Crippen molar-refractivity contribution in [2.24, 2.45) is 0 Å². The number of benzene rings is 2. The van der Waals surface area contributed by atoms with Crippen LogP contribution in [0.2, 0.25) is 0 Å². The monoisotopic (exact) mass is 418 g/mol. The van der Waals surface area contributed by atoms with Crippen LogP contribution < -0.4 is 10.1 Å². The molecule has 0 spiro atoms. The molecular formula is C22H24F2N2O4. The van der Waals surface area contributed by atoms with Crippen LogP contribution in [-0.2, 0) is 16.6 Å². The molecule has 0 saturated carbocycles. The predicted molar refractivity (Wildman–Crippen MR) is 108 cm³/mol. The number of nitrogens with one attached hydrogen (secondary N) is 1. The van der Waals surface area contributed by atoms with E-state index in [4.69, 9.17) is 4.74 Å². The molecule has 0 aliphatic carbocycles. The number of carbonyl (C=O) groups is 2. The Bertz CT molecular complexity index is 978. The highest BCUT2D eigenvalue weighted by molar-refractivity contribution is 5.97. The molecule has 2 amide bonds. The minimum atomic E-state index is -1.25. The van der Waals surface area contributed by atoms with Gasteiger partial charge in [-0.25, -0.2) is 13.6 Å². The lowest BCUT2D eigenvalue weighted by atomic mass is 9.86. The van der Waals surface area contributed by atoms with Crippen molar-refractivity contribution in [2.75, 3.05) is 19.0 Å². The van der Waals surface area contributed by atoms with E-state index in [0.29, 0.717) is 17.7 Å². The van der Waals surface area contributed by atoms with Gasteiger partial charge in [0.25, 0.3) is 5.91 Å². The van der Waals surface area contributed by atoms with E-state index in [9.17, 15) is 23.5 Å². The smallest absolute Gasteiger partial charge is 0.408 e. The van der Waals surface area contributed by atoms with Crippen molar-refractivity contribution >= 4 is 17.7 Å². The first kappa shape index (κ1) is 21.5. The van der Waals surface area contributed by atoms with Crippen LogP contribution in [0.25, 0.3) is 0 Å². The summed E-state index contributed by atoms with van der Waals surface area (Å²) in [4.78, 5) is 25.7. The zero-order valence-electron chi connectivity index (χ0n) is 17.3. The number of anilines is 1. The Morgan fingerprint density at radius 1 is 1.17 bits per heavy atom. The lowest BCUT2D eigenvalue weighted by Gasteiger charge is -2.34. The van der Waals surface area contributed by atoms with Crippen molar-refractivity contribution in [3.8, 4) is 5.75 Å². The van der Waals surface area contributed by atoms with Gasteiger partial charge in [-0.2, -0.15) is 0 Å². The van der Waals surface area contributed by atoms with E-state index in [1.54, 1.807) is 39.0 Å². The molecule has 30 heavy (non-hydrogen) atoms. The Balaban J connectivity index is 1.96. The Kier molecular flexibility index (Phi) is 5.70. The fraction of sp³-hybridized carbons (Fsp3) is 0.364. The summed E-state index contributed by atoms with van der Waals surface area (Å²) in [7, 11) is 1.52. The number of methoxy groups -OCH3 is 1. The van der Waals surface area contributed by atoms with Gasteiger partial charge in [0.1, 0.15) is 23.4 Å². The van der Waals surface area contributed by atoms with E-state index >= 15 is 0 Å². The first-order chi connectivity index (χ1) is 14.0. The van der Waals surface area contributed by atoms with Crippen molar-refractivity contribution in [1.29, 1.82) is 0 Å². The van der Waals surface area contributed by atoms with Gasteiger partial charge in [0, 0.05) is 17.8 Å². The van der Waals surface area contributed by atoms with Crippen LogP contribution in [-0.4, -0.2) is 35.7 Å². The van der Waals surface area contributed by atoms with Crippen LogP contribution in [0.5, 0.6) is 5.75 Å². The fourth-order valence-electron chi connectivity index (χ4n) is 3.79. The molecule has 6 nitrogen and oxygen atoms in total. The number of hydrogen-bond acceptors (Lipinski definition) is 3. The molecule has 2 N–H and O–H groups in total. The lowest BCUT2D eigenvalue weighted by molar-refractivity contribution is -0.121. The maximum atomic E-state index is 14.5.